The fourth-order valence-corrected chi connectivity index (χ4v) is 2.21. The van der Waals surface area contributed by atoms with Gasteiger partial charge in [-0.3, -0.25) is 4.79 Å². The van der Waals surface area contributed by atoms with Gasteiger partial charge < -0.3 is 0 Å². The number of halogens is 3. The van der Waals surface area contributed by atoms with Crippen LogP contribution in [0.1, 0.15) is 21.5 Å². The Kier molecular flexibility index (Phi) is 4.10. The van der Waals surface area contributed by atoms with Crippen molar-refractivity contribution in [3.63, 3.8) is 0 Å². The molecular formula is C15H11BrF2O. The van der Waals surface area contributed by atoms with Crippen molar-refractivity contribution in [1.82, 2.24) is 0 Å². The molecule has 0 N–H and O–H groups in total. The van der Waals surface area contributed by atoms with Gasteiger partial charge in [0.1, 0.15) is 11.6 Å². The molecule has 0 unspecified atom stereocenters. The summed E-state index contributed by atoms with van der Waals surface area (Å²) in [6.07, 6.45) is -0.161. The smallest absolute Gasteiger partial charge is 0.170 e. The van der Waals surface area contributed by atoms with E-state index in [0.717, 1.165) is 5.56 Å². The molecule has 0 aliphatic heterocycles. The number of hydrogen-bond donors (Lipinski definition) is 0. The first-order valence-corrected chi connectivity index (χ1v) is 6.50. The predicted octanol–water partition coefficient (Wildman–Crippen LogP) is 4.46. The van der Waals surface area contributed by atoms with Crippen molar-refractivity contribution in [2.45, 2.75) is 13.3 Å². The molecule has 2 aromatic rings. The van der Waals surface area contributed by atoms with E-state index in [9.17, 15) is 13.6 Å². The van der Waals surface area contributed by atoms with Gasteiger partial charge in [-0.25, -0.2) is 8.78 Å². The first kappa shape index (κ1) is 13.9. The van der Waals surface area contributed by atoms with Crippen molar-refractivity contribution in [2.24, 2.45) is 0 Å². The lowest BCUT2D eigenvalue weighted by Crippen LogP contribution is -2.08. The van der Waals surface area contributed by atoms with E-state index in [1.165, 1.54) is 24.3 Å². The molecule has 0 saturated carbocycles. The number of hydrogen-bond acceptors (Lipinski definition) is 1. The molecule has 98 valence electrons. The second-order valence-corrected chi connectivity index (χ2v) is 5.23. The topological polar surface area (TPSA) is 17.1 Å². The molecule has 0 aliphatic rings. The van der Waals surface area contributed by atoms with Crippen molar-refractivity contribution in [2.75, 3.05) is 0 Å². The standard InChI is InChI=1S/C15H11BrF2O/c1-9-2-4-14(18)12(6-9)15(19)8-10-7-11(16)3-5-13(10)17/h2-7H,8H2,1H3. The number of benzene rings is 2. The van der Waals surface area contributed by atoms with Gasteiger partial charge >= 0.3 is 0 Å². The summed E-state index contributed by atoms with van der Waals surface area (Å²) in [4.78, 5) is 12.0. The quantitative estimate of drug-likeness (QED) is 0.762. The highest BCUT2D eigenvalue weighted by atomic mass is 79.9. The number of carbonyl (C=O) groups excluding carboxylic acids is 1. The fraction of sp³-hybridized carbons (Fsp3) is 0.133. The monoisotopic (exact) mass is 324 g/mol. The van der Waals surface area contributed by atoms with E-state index >= 15 is 0 Å². The van der Waals surface area contributed by atoms with Crippen LogP contribution < -0.4 is 0 Å². The molecule has 0 aliphatic carbocycles. The van der Waals surface area contributed by atoms with E-state index in [-0.39, 0.29) is 17.5 Å². The zero-order chi connectivity index (χ0) is 14.0. The van der Waals surface area contributed by atoms with Crippen LogP contribution in [-0.2, 0) is 6.42 Å². The predicted molar refractivity (Wildman–Crippen MR) is 73.3 cm³/mol. The molecular weight excluding hydrogens is 314 g/mol. The Hall–Kier alpha value is -1.55. The molecule has 0 amide bonds. The SMILES string of the molecule is Cc1ccc(F)c(C(=O)Cc2cc(Br)ccc2F)c1. The lowest BCUT2D eigenvalue weighted by Gasteiger charge is -2.06. The Balaban J connectivity index is 2.30. The highest BCUT2D eigenvalue weighted by Gasteiger charge is 2.15. The molecule has 1 nitrogen and oxygen atoms in total. The first-order chi connectivity index (χ1) is 8.97. The summed E-state index contributed by atoms with van der Waals surface area (Å²) in [5.74, 6) is -1.48. The van der Waals surface area contributed by atoms with E-state index in [0.29, 0.717) is 4.47 Å². The summed E-state index contributed by atoms with van der Waals surface area (Å²) >= 11 is 3.22. The summed E-state index contributed by atoms with van der Waals surface area (Å²) < 4.78 is 27.8. The molecule has 0 radical (unpaired) electrons. The van der Waals surface area contributed by atoms with E-state index in [4.69, 9.17) is 0 Å². The molecule has 19 heavy (non-hydrogen) atoms. The highest BCUT2D eigenvalue weighted by Crippen LogP contribution is 2.19. The third-order valence-electron chi connectivity index (χ3n) is 2.78. The molecule has 0 bridgehead atoms. The number of ketones is 1. The second-order valence-electron chi connectivity index (χ2n) is 4.32. The molecule has 0 atom stereocenters. The van der Waals surface area contributed by atoms with Gasteiger partial charge in [0.2, 0.25) is 0 Å². The zero-order valence-electron chi connectivity index (χ0n) is 10.2. The van der Waals surface area contributed by atoms with Crippen LogP contribution >= 0.6 is 15.9 Å². The number of aryl methyl sites for hydroxylation is 1. The van der Waals surface area contributed by atoms with Crippen LogP contribution in [0.3, 0.4) is 0 Å². The van der Waals surface area contributed by atoms with Crippen molar-refractivity contribution in [1.29, 1.82) is 0 Å². The van der Waals surface area contributed by atoms with E-state index in [2.05, 4.69) is 15.9 Å². The van der Waals surface area contributed by atoms with Gasteiger partial charge in [0.05, 0.1) is 5.56 Å². The van der Waals surface area contributed by atoms with Gasteiger partial charge in [0, 0.05) is 10.9 Å². The maximum Gasteiger partial charge on any atom is 0.170 e. The number of rotatable bonds is 3. The van der Waals surface area contributed by atoms with Gasteiger partial charge in [0.15, 0.2) is 5.78 Å². The maximum atomic E-state index is 13.6. The van der Waals surface area contributed by atoms with Gasteiger partial charge in [0.25, 0.3) is 0 Å². The highest BCUT2D eigenvalue weighted by molar-refractivity contribution is 9.10. The lowest BCUT2D eigenvalue weighted by atomic mass is 10.0. The minimum Gasteiger partial charge on any atom is -0.294 e. The average molecular weight is 325 g/mol. The van der Waals surface area contributed by atoms with Crippen LogP contribution in [0.2, 0.25) is 0 Å². The molecule has 0 aromatic heterocycles. The largest absolute Gasteiger partial charge is 0.294 e. The molecule has 2 aromatic carbocycles. The summed E-state index contributed by atoms with van der Waals surface area (Å²) in [6, 6.07) is 8.68. The first-order valence-electron chi connectivity index (χ1n) is 5.70. The Morgan fingerprint density at radius 1 is 1.11 bits per heavy atom. The number of Topliss-reactive ketones (excluding diaryl/α,β-unsaturated/α-hetero) is 1. The molecule has 4 heteroatoms. The van der Waals surface area contributed by atoms with Crippen LogP contribution in [0, 0.1) is 18.6 Å². The van der Waals surface area contributed by atoms with Crippen molar-refractivity contribution < 1.29 is 13.6 Å². The second kappa shape index (κ2) is 5.61. The Bertz CT molecular complexity index is 638. The third kappa shape index (κ3) is 3.26. The minimum atomic E-state index is -0.578. The minimum absolute atomic E-state index is 0.000578. The summed E-state index contributed by atoms with van der Waals surface area (Å²) in [6.45, 7) is 1.77. The molecule has 0 saturated heterocycles. The van der Waals surface area contributed by atoms with Crippen LogP contribution in [0.25, 0.3) is 0 Å². The summed E-state index contributed by atoms with van der Waals surface area (Å²) in [7, 11) is 0. The van der Waals surface area contributed by atoms with Gasteiger partial charge in [-0.2, -0.15) is 0 Å². The maximum absolute atomic E-state index is 13.6. The Morgan fingerprint density at radius 2 is 1.79 bits per heavy atom. The molecule has 0 heterocycles. The third-order valence-corrected chi connectivity index (χ3v) is 3.27. The van der Waals surface area contributed by atoms with Crippen molar-refractivity contribution >= 4 is 21.7 Å². The Labute approximate surface area is 118 Å². The van der Waals surface area contributed by atoms with Crippen LogP contribution in [-0.4, -0.2) is 5.78 Å². The Morgan fingerprint density at radius 3 is 2.53 bits per heavy atom. The van der Waals surface area contributed by atoms with Crippen molar-refractivity contribution in [3.05, 3.63) is 69.2 Å². The van der Waals surface area contributed by atoms with E-state index in [1.54, 1.807) is 19.1 Å². The van der Waals surface area contributed by atoms with Crippen LogP contribution in [0.15, 0.2) is 40.9 Å². The average Bonchev–Trinajstić information content (AvgIpc) is 2.36. The molecule has 0 spiro atoms. The van der Waals surface area contributed by atoms with Gasteiger partial charge in [-0.15, -0.1) is 0 Å². The summed E-state index contributed by atoms with van der Waals surface area (Å²) in [5, 5.41) is 0. The van der Waals surface area contributed by atoms with E-state index in [1.807, 2.05) is 0 Å². The summed E-state index contributed by atoms with van der Waals surface area (Å²) in [5.41, 5.74) is 1.04. The lowest BCUT2D eigenvalue weighted by molar-refractivity contribution is 0.0988. The van der Waals surface area contributed by atoms with Crippen LogP contribution in [0.4, 0.5) is 8.78 Å². The molecule has 2 rings (SSSR count). The zero-order valence-corrected chi connectivity index (χ0v) is 11.8. The fourth-order valence-electron chi connectivity index (χ4n) is 1.80. The van der Waals surface area contributed by atoms with Crippen LogP contribution in [0.5, 0.6) is 0 Å². The van der Waals surface area contributed by atoms with Gasteiger partial charge in [-0.1, -0.05) is 27.6 Å². The van der Waals surface area contributed by atoms with Gasteiger partial charge in [-0.05, 0) is 42.8 Å². The van der Waals surface area contributed by atoms with Crippen molar-refractivity contribution in [3.8, 4) is 0 Å². The molecule has 0 fully saturated rings. The number of carbonyl (C=O) groups is 1. The van der Waals surface area contributed by atoms with E-state index < -0.39 is 17.4 Å². The normalized spacial score (nSPS) is 10.5.